The van der Waals surface area contributed by atoms with Gasteiger partial charge < -0.3 is 9.73 Å². The molecule has 0 saturated heterocycles. The van der Waals surface area contributed by atoms with Crippen LogP contribution < -0.4 is 5.32 Å². The first kappa shape index (κ1) is 21.6. The molecule has 0 spiro atoms. The van der Waals surface area contributed by atoms with Crippen LogP contribution in [0.4, 0.5) is 0 Å². The van der Waals surface area contributed by atoms with Crippen molar-refractivity contribution in [1.29, 1.82) is 0 Å². The highest BCUT2D eigenvalue weighted by Crippen LogP contribution is 2.26. The van der Waals surface area contributed by atoms with Gasteiger partial charge in [-0.25, -0.2) is 4.98 Å². The normalized spacial score (nSPS) is 14.5. The van der Waals surface area contributed by atoms with Gasteiger partial charge in [0.1, 0.15) is 5.69 Å². The van der Waals surface area contributed by atoms with Gasteiger partial charge in [-0.3, -0.25) is 9.19 Å². The van der Waals surface area contributed by atoms with Crippen molar-refractivity contribution in [3.63, 3.8) is 0 Å². The number of rotatable bonds is 8. The van der Waals surface area contributed by atoms with Crippen molar-refractivity contribution in [1.82, 2.24) is 25.5 Å². The molecule has 0 bridgehead atoms. The third-order valence-corrected chi connectivity index (χ3v) is 7.06. The maximum atomic E-state index is 12.3. The highest BCUT2D eigenvalue weighted by Gasteiger charge is 2.20. The van der Waals surface area contributed by atoms with Gasteiger partial charge in [0.25, 0.3) is 5.89 Å². The molecule has 8 heteroatoms. The van der Waals surface area contributed by atoms with Gasteiger partial charge in [-0.15, -0.1) is 10.2 Å². The average molecular weight is 460 g/mol. The second-order valence-electron chi connectivity index (χ2n) is 8.42. The van der Waals surface area contributed by atoms with E-state index in [4.69, 9.17) is 4.42 Å². The van der Waals surface area contributed by atoms with Gasteiger partial charge in [-0.05, 0) is 42.7 Å². The zero-order chi connectivity index (χ0) is 22.8. The van der Waals surface area contributed by atoms with Crippen molar-refractivity contribution in [2.45, 2.75) is 49.4 Å². The van der Waals surface area contributed by atoms with Gasteiger partial charge in [0, 0.05) is 33.9 Å². The largest absolute Gasteiger partial charge is 0.415 e. The smallest absolute Gasteiger partial charge is 0.268 e. The Bertz CT molecular complexity index is 1260. The lowest BCUT2D eigenvalue weighted by Gasteiger charge is -2.07. The van der Waals surface area contributed by atoms with Crippen molar-refractivity contribution in [2.75, 3.05) is 0 Å². The van der Waals surface area contributed by atoms with E-state index in [1.54, 1.807) is 12.4 Å². The summed E-state index contributed by atoms with van der Waals surface area (Å²) in [5, 5.41) is 11.9. The van der Waals surface area contributed by atoms with Gasteiger partial charge in [-0.2, -0.15) is 0 Å². The summed E-state index contributed by atoms with van der Waals surface area (Å²) in [4.78, 5) is 9.75. The summed E-state index contributed by atoms with van der Waals surface area (Å²) in [6, 6.07) is 16.4. The summed E-state index contributed by atoms with van der Waals surface area (Å²) in [6.45, 7) is 4.76. The molecule has 1 fully saturated rings. The number of hydrogen-bond acceptors (Lipinski definition) is 7. The third kappa shape index (κ3) is 5.07. The van der Waals surface area contributed by atoms with Crippen molar-refractivity contribution < 1.29 is 8.63 Å². The Morgan fingerprint density at radius 3 is 2.30 bits per heavy atom. The second kappa shape index (κ2) is 9.33. The Kier molecular flexibility index (Phi) is 6.11. The Morgan fingerprint density at radius 2 is 1.61 bits per heavy atom. The first-order chi connectivity index (χ1) is 16.1. The Labute approximate surface area is 195 Å². The number of nitrogens with zero attached hydrogens (tertiary/aromatic N) is 4. The Morgan fingerprint density at radius 1 is 0.939 bits per heavy atom. The van der Waals surface area contributed by atoms with Gasteiger partial charge in [-0.1, -0.05) is 38.1 Å². The van der Waals surface area contributed by atoms with Gasteiger partial charge in [0.2, 0.25) is 5.89 Å². The SMILES string of the molecule is CC(C)S(=O)c1ccc(-c2cncc(-c3nnc(-c4ccc(CNC5CC5)cc4)o3)n2)cc1. The molecule has 0 amide bonds. The summed E-state index contributed by atoms with van der Waals surface area (Å²) in [5.41, 5.74) is 4.16. The van der Waals surface area contributed by atoms with E-state index < -0.39 is 10.8 Å². The second-order valence-corrected chi connectivity index (χ2v) is 10.4. The van der Waals surface area contributed by atoms with Crippen LogP contribution in [-0.4, -0.2) is 35.7 Å². The van der Waals surface area contributed by atoms with Gasteiger partial charge in [0.15, 0.2) is 0 Å². The molecule has 1 saturated carbocycles. The van der Waals surface area contributed by atoms with E-state index in [9.17, 15) is 4.21 Å². The lowest BCUT2D eigenvalue weighted by atomic mass is 10.1. The fourth-order valence-corrected chi connectivity index (χ4v) is 4.35. The van der Waals surface area contributed by atoms with Crippen LogP contribution in [0.15, 0.2) is 70.2 Å². The first-order valence-electron chi connectivity index (χ1n) is 11.1. The molecular weight excluding hydrogens is 434 g/mol. The fraction of sp³-hybridized carbons (Fsp3) is 0.280. The molecule has 1 unspecified atom stereocenters. The molecule has 1 atom stereocenters. The Balaban J connectivity index is 1.32. The third-order valence-electron chi connectivity index (χ3n) is 5.46. The summed E-state index contributed by atoms with van der Waals surface area (Å²) < 4.78 is 18.2. The first-order valence-corrected chi connectivity index (χ1v) is 12.3. The standard InChI is InChI=1S/C25H25N5O2S/c1-16(2)33(31)21-11-7-18(8-12-21)22-14-26-15-23(28-22)25-30-29-24(32-25)19-5-3-17(4-6-19)13-27-20-9-10-20/h3-8,11-12,14-16,20,27H,9-10,13H2,1-2H3. The van der Waals surface area contributed by atoms with Crippen molar-refractivity contribution in [2.24, 2.45) is 0 Å². The molecule has 7 nitrogen and oxygen atoms in total. The zero-order valence-electron chi connectivity index (χ0n) is 18.6. The average Bonchev–Trinajstić information content (AvgIpc) is 3.56. The molecular formula is C25H25N5O2S. The van der Waals surface area contributed by atoms with E-state index in [1.165, 1.54) is 18.4 Å². The number of nitrogens with one attached hydrogen (secondary N) is 1. The minimum atomic E-state index is -1.02. The zero-order valence-corrected chi connectivity index (χ0v) is 19.4. The minimum absolute atomic E-state index is 0.0706. The molecule has 0 aliphatic heterocycles. The summed E-state index contributed by atoms with van der Waals surface area (Å²) in [7, 11) is -1.02. The van der Waals surface area contributed by atoms with Crippen molar-refractivity contribution in [3.8, 4) is 34.3 Å². The number of hydrogen-bond donors (Lipinski definition) is 1. The molecule has 0 radical (unpaired) electrons. The molecule has 2 aromatic heterocycles. The monoisotopic (exact) mass is 459 g/mol. The van der Waals surface area contributed by atoms with E-state index in [1.807, 2.05) is 50.2 Å². The quantitative estimate of drug-likeness (QED) is 0.411. The van der Waals surface area contributed by atoms with Crippen LogP contribution in [0.3, 0.4) is 0 Å². The lowest BCUT2D eigenvalue weighted by molar-refractivity contribution is 0.581. The van der Waals surface area contributed by atoms with E-state index in [-0.39, 0.29) is 5.25 Å². The molecule has 1 N–H and O–H groups in total. The van der Waals surface area contributed by atoms with Crippen LogP contribution in [0.5, 0.6) is 0 Å². The molecule has 33 heavy (non-hydrogen) atoms. The predicted molar refractivity (Wildman–Crippen MR) is 128 cm³/mol. The van der Waals surface area contributed by atoms with Crippen LogP contribution in [0.25, 0.3) is 34.3 Å². The maximum absolute atomic E-state index is 12.3. The van der Waals surface area contributed by atoms with Crippen LogP contribution >= 0.6 is 0 Å². The Hall–Kier alpha value is -3.23. The van der Waals surface area contributed by atoms with Crippen molar-refractivity contribution in [3.05, 3.63) is 66.5 Å². The summed E-state index contributed by atoms with van der Waals surface area (Å²) in [5.74, 6) is 0.760. The highest BCUT2D eigenvalue weighted by atomic mass is 32.2. The van der Waals surface area contributed by atoms with Gasteiger partial charge >= 0.3 is 0 Å². The van der Waals surface area contributed by atoms with Crippen LogP contribution in [-0.2, 0) is 17.3 Å². The van der Waals surface area contributed by atoms with Crippen LogP contribution in [0.2, 0.25) is 0 Å². The van der Waals surface area contributed by atoms with Crippen LogP contribution in [0, 0.1) is 0 Å². The summed E-state index contributed by atoms with van der Waals surface area (Å²) >= 11 is 0. The van der Waals surface area contributed by atoms with Crippen molar-refractivity contribution >= 4 is 10.8 Å². The molecule has 5 rings (SSSR count). The van der Waals surface area contributed by atoms with Crippen LogP contribution in [0.1, 0.15) is 32.3 Å². The van der Waals surface area contributed by atoms with E-state index >= 15 is 0 Å². The number of benzene rings is 2. The van der Waals surface area contributed by atoms with Gasteiger partial charge in [0.05, 0.1) is 28.9 Å². The minimum Gasteiger partial charge on any atom is -0.415 e. The molecule has 4 aromatic rings. The predicted octanol–water partition coefficient (Wildman–Crippen LogP) is 4.63. The fourth-order valence-electron chi connectivity index (χ4n) is 3.40. The molecule has 2 heterocycles. The molecule has 168 valence electrons. The van der Waals surface area contributed by atoms with E-state index in [0.717, 1.165) is 22.6 Å². The molecule has 1 aliphatic carbocycles. The topological polar surface area (TPSA) is 93.8 Å². The maximum Gasteiger partial charge on any atom is 0.268 e. The van der Waals surface area contributed by atoms with E-state index in [0.29, 0.717) is 29.2 Å². The molecule has 2 aromatic carbocycles. The highest BCUT2D eigenvalue weighted by molar-refractivity contribution is 7.85. The number of aromatic nitrogens is 4. The summed E-state index contributed by atoms with van der Waals surface area (Å²) in [6.07, 6.45) is 5.84. The lowest BCUT2D eigenvalue weighted by Crippen LogP contribution is -2.14. The van der Waals surface area contributed by atoms with E-state index in [2.05, 4.69) is 37.6 Å². The molecule has 1 aliphatic rings.